The number of hydrogen-bond acceptors (Lipinski definition) is 1. The Morgan fingerprint density at radius 1 is 1.11 bits per heavy atom. The van der Waals surface area contributed by atoms with E-state index < -0.39 is 11.6 Å². The molecule has 4 heteroatoms. The summed E-state index contributed by atoms with van der Waals surface area (Å²) in [6.07, 6.45) is 0. The van der Waals surface area contributed by atoms with Crippen LogP contribution in [0.25, 0.3) is 0 Å². The molecule has 98 valence electrons. The monoisotopic (exact) mass is 261 g/mol. The molecule has 0 heterocycles. The first-order valence-electron chi connectivity index (χ1n) is 5.82. The minimum Gasteiger partial charge on any atom is -0.337 e. The van der Waals surface area contributed by atoms with Gasteiger partial charge in [0.25, 0.3) is 5.91 Å². The Balaban J connectivity index is 2.13. The highest BCUT2D eigenvalue weighted by Crippen LogP contribution is 2.13. The van der Waals surface area contributed by atoms with Gasteiger partial charge in [-0.15, -0.1) is 0 Å². The quantitative estimate of drug-likeness (QED) is 0.830. The molecule has 2 rings (SSSR count). The summed E-state index contributed by atoms with van der Waals surface area (Å²) in [7, 11) is 1.58. The zero-order valence-electron chi connectivity index (χ0n) is 10.4. The lowest BCUT2D eigenvalue weighted by atomic mass is 10.1. The number of carbonyl (C=O) groups excluding carboxylic acids is 1. The van der Waals surface area contributed by atoms with E-state index in [1.54, 1.807) is 31.3 Å². The van der Waals surface area contributed by atoms with Crippen LogP contribution in [0.15, 0.2) is 48.5 Å². The Hall–Kier alpha value is -2.23. The molecule has 0 aliphatic carbocycles. The summed E-state index contributed by atoms with van der Waals surface area (Å²) in [5.41, 5.74) is 0.820. The molecule has 0 N–H and O–H groups in total. The lowest BCUT2D eigenvalue weighted by Gasteiger charge is -2.17. The minimum absolute atomic E-state index is 0.0971. The van der Waals surface area contributed by atoms with Gasteiger partial charge in [0.1, 0.15) is 11.6 Å². The standard InChI is InChI=1S/C15H13F2NO/c1-18(15(19)11-5-3-2-4-6-11)10-12-7-8-13(16)9-14(12)17/h2-9H,10H2,1H3. The van der Waals surface area contributed by atoms with Crippen molar-refractivity contribution in [2.75, 3.05) is 7.05 Å². The fourth-order valence-electron chi connectivity index (χ4n) is 1.78. The Morgan fingerprint density at radius 3 is 2.42 bits per heavy atom. The maximum absolute atomic E-state index is 13.5. The summed E-state index contributed by atoms with van der Waals surface area (Å²) in [6, 6.07) is 12.1. The maximum Gasteiger partial charge on any atom is 0.253 e. The first kappa shape index (κ1) is 13.2. The van der Waals surface area contributed by atoms with E-state index in [4.69, 9.17) is 0 Å². The highest BCUT2D eigenvalue weighted by Gasteiger charge is 2.13. The van der Waals surface area contributed by atoms with Gasteiger partial charge in [-0.3, -0.25) is 4.79 Å². The Morgan fingerprint density at radius 2 is 1.79 bits per heavy atom. The molecule has 0 saturated heterocycles. The van der Waals surface area contributed by atoms with Crippen molar-refractivity contribution in [1.29, 1.82) is 0 Å². The van der Waals surface area contributed by atoms with Crippen LogP contribution in [0.1, 0.15) is 15.9 Å². The predicted molar refractivity (Wildman–Crippen MR) is 68.6 cm³/mol. The molecule has 0 unspecified atom stereocenters. The summed E-state index contributed by atoms with van der Waals surface area (Å²) < 4.78 is 26.3. The number of halogens is 2. The molecule has 0 radical (unpaired) electrons. The van der Waals surface area contributed by atoms with Crippen LogP contribution in [-0.2, 0) is 6.54 Å². The molecule has 2 aromatic rings. The number of carbonyl (C=O) groups is 1. The molecule has 19 heavy (non-hydrogen) atoms. The molecule has 0 atom stereocenters. The molecular formula is C15H13F2NO. The molecule has 0 spiro atoms. The van der Waals surface area contributed by atoms with E-state index in [0.29, 0.717) is 5.56 Å². The molecule has 0 aromatic heterocycles. The summed E-state index contributed by atoms with van der Waals surface area (Å²) in [5, 5.41) is 0. The van der Waals surface area contributed by atoms with E-state index >= 15 is 0 Å². The van der Waals surface area contributed by atoms with E-state index in [9.17, 15) is 13.6 Å². The Bertz CT molecular complexity index is 584. The van der Waals surface area contributed by atoms with Crippen molar-refractivity contribution in [3.05, 3.63) is 71.3 Å². The summed E-state index contributed by atoms with van der Waals surface area (Å²) in [4.78, 5) is 13.5. The number of nitrogens with zero attached hydrogens (tertiary/aromatic N) is 1. The minimum atomic E-state index is -0.646. The lowest BCUT2D eigenvalue weighted by Crippen LogP contribution is -2.26. The van der Waals surface area contributed by atoms with Crippen LogP contribution in [0.4, 0.5) is 8.78 Å². The number of amides is 1. The summed E-state index contributed by atoms with van der Waals surface area (Å²) in [6.45, 7) is 0.0971. The lowest BCUT2D eigenvalue weighted by molar-refractivity contribution is 0.0784. The van der Waals surface area contributed by atoms with E-state index in [2.05, 4.69) is 0 Å². The van der Waals surface area contributed by atoms with Crippen LogP contribution in [0.5, 0.6) is 0 Å². The van der Waals surface area contributed by atoms with E-state index in [-0.39, 0.29) is 18.0 Å². The van der Waals surface area contributed by atoms with E-state index in [1.807, 2.05) is 6.07 Å². The summed E-state index contributed by atoms with van der Waals surface area (Å²) in [5.74, 6) is -1.48. The average Bonchev–Trinajstić information content (AvgIpc) is 2.42. The first-order chi connectivity index (χ1) is 9.08. The predicted octanol–water partition coefficient (Wildman–Crippen LogP) is 3.24. The van der Waals surface area contributed by atoms with Gasteiger partial charge in [0.05, 0.1) is 0 Å². The number of benzene rings is 2. The second kappa shape index (κ2) is 5.61. The van der Waals surface area contributed by atoms with Gasteiger partial charge in [0, 0.05) is 30.8 Å². The van der Waals surface area contributed by atoms with Gasteiger partial charge in [0.15, 0.2) is 0 Å². The van der Waals surface area contributed by atoms with Crippen LogP contribution < -0.4 is 0 Å². The second-order valence-electron chi connectivity index (χ2n) is 4.26. The SMILES string of the molecule is CN(Cc1ccc(F)cc1F)C(=O)c1ccccc1. The zero-order valence-corrected chi connectivity index (χ0v) is 10.4. The third kappa shape index (κ3) is 3.16. The highest BCUT2D eigenvalue weighted by molar-refractivity contribution is 5.93. The van der Waals surface area contributed by atoms with Crippen LogP contribution in [0.3, 0.4) is 0 Å². The molecule has 0 bridgehead atoms. The van der Waals surface area contributed by atoms with Crippen LogP contribution in [-0.4, -0.2) is 17.9 Å². The molecule has 0 aliphatic rings. The molecule has 0 fully saturated rings. The number of hydrogen-bond donors (Lipinski definition) is 0. The van der Waals surface area contributed by atoms with Crippen molar-refractivity contribution in [1.82, 2.24) is 4.90 Å². The van der Waals surface area contributed by atoms with Crippen molar-refractivity contribution in [3.63, 3.8) is 0 Å². The van der Waals surface area contributed by atoms with Gasteiger partial charge in [0.2, 0.25) is 0 Å². The molecule has 2 nitrogen and oxygen atoms in total. The normalized spacial score (nSPS) is 10.3. The van der Waals surface area contributed by atoms with Gasteiger partial charge < -0.3 is 4.90 Å². The average molecular weight is 261 g/mol. The molecule has 1 amide bonds. The van der Waals surface area contributed by atoms with Crippen molar-refractivity contribution in [2.24, 2.45) is 0 Å². The molecule has 2 aromatic carbocycles. The van der Waals surface area contributed by atoms with Crippen molar-refractivity contribution in [2.45, 2.75) is 6.54 Å². The van der Waals surface area contributed by atoms with E-state index in [0.717, 1.165) is 6.07 Å². The van der Waals surface area contributed by atoms with Crippen LogP contribution >= 0.6 is 0 Å². The third-order valence-corrected chi connectivity index (χ3v) is 2.79. The van der Waals surface area contributed by atoms with Gasteiger partial charge in [-0.25, -0.2) is 8.78 Å². The Labute approximate surface area is 110 Å². The summed E-state index contributed by atoms with van der Waals surface area (Å²) >= 11 is 0. The van der Waals surface area contributed by atoms with Crippen LogP contribution in [0, 0.1) is 11.6 Å². The largest absolute Gasteiger partial charge is 0.337 e. The third-order valence-electron chi connectivity index (χ3n) is 2.79. The topological polar surface area (TPSA) is 20.3 Å². The molecular weight excluding hydrogens is 248 g/mol. The van der Waals surface area contributed by atoms with Crippen LogP contribution in [0.2, 0.25) is 0 Å². The fourth-order valence-corrected chi connectivity index (χ4v) is 1.78. The zero-order chi connectivity index (χ0) is 13.8. The molecule has 0 aliphatic heterocycles. The van der Waals surface area contributed by atoms with Gasteiger partial charge in [-0.05, 0) is 18.2 Å². The highest BCUT2D eigenvalue weighted by atomic mass is 19.1. The van der Waals surface area contributed by atoms with Gasteiger partial charge >= 0.3 is 0 Å². The fraction of sp³-hybridized carbons (Fsp3) is 0.133. The van der Waals surface area contributed by atoms with E-state index in [1.165, 1.54) is 17.0 Å². The number of rotatable bonds is 3. The molecule has 0 saturated carbocycles. The van der Waals surface area contributed by atoms with Gasteiger partial charge in [-0.2, -0.15) is 0 Å². The van der Waals surface area contributed by atoms with Gasteiger partial charge in [-0.1, -0.05) is 24.3 Å². The second-order valence-corrected chi connectivity index (χ2v) is 4.26. The Kier molecular flexibility index (Phi) is 3.90. The van der Waals surface area contributed by atoms with Crippen molar-refractivity contribution >= 4 is 5.91 Å². The smallest absolute Gasteiger partial charge is 0.253 e. The van der Waals surface area contributed by atoms with Crippen molar-refractivity contribution < 1.29 is 13.6 Å². The van der Waals surface area contributed by atoms with Crippen molar-refractivity contribution in [3.8, 4) is 0 Å². The first-order valence-corrected chi connectivity index (χ1v) is 5.82. The maximum atomic E-state index is 13.5.